The zero-order valence-electron chi connectivity index (χ0n) is 39.3. The maximum Gasteiger partial charge on any atom is 0.339 e. The fourth-order valence-corrected chi connectivity index (χ4v) is 12.4. The van der Waals surface area contributed by atoms with Crippen molar-refractivity contribution in [3.05, 3.63) is 153 Å². The molecule has 0 radical (unpaired) electrons. The fraction of sp³-hybridized carbons (Fsp3) is 0.120. The van der Waals surface area contributed by atoms with Gasteiger partial charge in [0.15, 0.2) is 0 Å². The number of phenols is 2. The number of carboxylic acids is 1. The summed E-state index contributed by atoms with van der Waals surface area (Å²) >= 11 is 0. The van der Waals surface area contributed by atoms with Crippen molar-refractivity contribution in [2.24, 2.45) is 4.99 Å². The molecule has 0 bridgehead atoms. The molecule has 23 heteroatoms. The number of nitrogens with one attached hydrogen (secondary N) is 3. The van der Waals surface area contributed by atoms with Crippen molar-refractivity contribution in [3.63, 3.8) is 0 Å². The second-order valence-electron chi connectivity index (χ2n) is 17.1. The molecule has 0 fully saturated rings. The number of anilines is 4. The number of carbonyl (C=O) groups is 1. The third-order valence-electron chi connectivity index (χ3n) is 12.0. The summed E-state index contributed by atoms with van der Waals surface area (Å²) in [7, 11) is -18.8. The Labute approximate surface area is 419 Å². The molecule has 8 N–H and O–H groups in total. The van der Waals surface area contributed by atoms with Crippen molar-refractivity contribution in [1.29, 1.82) is 0 Å². The van der Waals surface area contributed by atoms with E-state index in [-0.39, 0.29) is 66.7 Å². The number of benzene rings is 7. The average molecular weight is 1070 g/mol. The van der Waals surface area contributed by atoms with Crippen LogP contribution in [-0.2, 0) is 40.3 Å². The highest BCUT2D eigenvalue weighted by atomic mass is 32.2. The zero-order valence-corrected chi connectivity index (χ0v) is 42.6. The van der Waals surface area contributed by atoms with Crippen LogP contribution in [0.25, 0.3) is 33.4 Å². The minimum atomic E-state index is -5.19. The standard InChI is InChI=1S/C50H44N4O15S4/c1-25-19-27(3)48(53-70(59,60)33-14-12-32(55)13-15-33)29(5)46(25)51-31-11-17-35-41(21-31)69-42-24-39(44(73(66,67)68)23-38(42)45(35)36-9-7-8-10-43(36)72(63,64)65)52-47-26(2)20-28(4)49(30(47)6)54-71(61,62)34-16-18-40(56)37(22-34)50(57)58/h7-24,51,53-56H,1-6H3,(H,57,58)(H,63,64,65)(H,66,67,68). The molecular formula is C50H44N4O15S4. The van der Waals surface area contributed by atoms with Crippen molar-refractivity contribution < 1.29 is 67.3 Å². The van der Waals surface area contributed by atoms with Gasteiger partial charge in [0.1, 0.15) is 38.2 Å². The van der Waals surface area contributed by atoms with E-state index in [1.165, 1.54) is 55.5 Å². The molecule has 19 nitrogen and oxygen atoms in total. The SMILES string of the molecule is Cc1cc(C)c(NS(=O)(=O)c2ccc(O)c(C(=O)O)c2)c(C)c1N=c1cc2oc3cc(Nc4c(C)cc(C)c(NS(=O)(=O)c5ccc(O)cc5)c4C)ccc3c(-c3ccccc3S(=O)(=O)O)c-2cc1S(=O)(=O)O. The lowest BCUT2D eigenvalue weighted by Gasteiger charge is -2.21. The number of sulfonamides is 2. The molecule has 1 aliphatic carbocycles. The van der Waals surface area contributed by atoms with Crippen LogP contribution < -0.4 is 20.1 Å². The maximum atomic E-state index is 13.7. The molecular weight excluding hydrogens is 1020 g/mol. The van der Waals surface area contributed by atoms with E-state index in [0.29, 0.717) is 33.6 Å². The highest BCUT2D eigenvalue weighted by Crippen LogP contribution is 2.45. The normalized spacial score (nSPS) is 12.6. The van der Waals surface area contributed by atoms with Crippen LogP contribution >= 0.6 is 0 Å². The quantitative estimate of drug-likeness (QED) is 0.0394. The Morgan fingerprint density at radius 1 is 0.575 bits per heavy atom. The van der Waals surface area contributed by atoms with Gasteiger partial charge in [-0.25, -0.2) is 26.6 Å². The summed E-state index contributed by atoms with van der Waals surface area (Å²) in [4.78, 5) is 14.5. The number of aryl methyl sites for hydroxylation is 4. The third-order valence-corrected chi connectivity index (χ3v) is 16.6. The Balaban J connectivity index is 1.33. The van der Waals surface area contributed by atoms with E-state index in [9.17, 15) is 62.9 Å². The first kappa shape index (κ1) is 51.6. The first-order valence-electron chi connectivity index (χ1n) is 21.6. The lowest BCUT2D eigenvalue weighted by atomic mass is 9.93. The number of carboxylic acid groups (broad SMARTS) is 1. The van der Waals surface area contributed by atoms with Gasteiger partial charge in [0.2, 0.25) is 0 Å². The molecule has 1 aliphatic heterocycles. The van der Waals surface area contributed by atoms with Crippen molar-refractivity contribution in [2.45, 2.75) is 61.1 Å². The highest BCUT2D eigenvalue weighted by molar-refractivity contribution is 7.93. The largest absolute Gasteiger partial charge is 0.508 e. The van der Waals surface area contributed by atoms with E-state index in [1.54, 1.807) is 58.0 Å². The van der Waals surface area contributed by atoms with Gasteiger partial charge < -0.3 is 25.1 Å². The van der Waals surface area contributed by atoms with E-state index in [4.69, 9.17) is 4.42 Å². The summed E-state index contributed by atoms with van der Waals surface area (Å²) in [5.41, 5.74) is 3.36. The molecule has 0 atom stereocenters. The van der Waals surface area contributed by atoms with Gasteiger partial charge >= 0.3 is 5.97 Å². The summed E-state index contributed by atoms with van der Waals surface area (Å²) < 4.78 is 140. The molecule has 8 rings (SSSR count). The second-order valence-corrected chi connectivity index (χ2v) is 23.3. The van der Waals surface area contributed by atoms with Crippen LogP contribution in [0.15, 0.2) is 138 Å². The van der Waals surface area contributed by atoms with Gasteiger partial charge in [-0.2, -0.15) is 16.8 Å². The van der Waals surface area contributed by atoms with E-state index >= 15 is 0 Å². The summed E-state index contributed by atoms with van der Waals surface area (Å²) in [5.74, 6) is -2.45. The molecule has 378 valence electrons. The van der Waals surface area contributed by atoms with Gasteiger partial charge in [0, 0.05) is 45.6 Å². The summed E-state index contributed by atoms with van der Waals surface area (Å²) in [6.07, 6.45) is 0. The molecule has 0 aromatic heterocycles. The summed E-state index contributed by atoms with van der Waals surface area (Å²) in [6.45, 7) is 9.95. The number of aromatic hydroxyl groups is 2. The van der Waals surface area contributed by atoms with Crippen LogP contribution in [0.1, 0.15) is 43.7 Å². The Bertz CT molecular complexity index is 4160. The predicted molar refractivity (Wildman–Crippen MR) is 273 cm³/mol. The zero-order chi connectivity index (χ0) is 53.3. The minimum absolute atomic E-state index is 0.00997. The number of hydrogen-bond donors (Lipinski definition) is 8. The molecule has 2 aliphatic rings. The van der Waals surface area contributed by atoms with Crippen LogP contribution in [-0.4, -0.2) is 64.1 Å². The number of phenolic OH excluding ortho intramolecular Hbond substituents is 1. The van der Waals surface area contributed by atoms with E-state index in [2.05, 4.69) is 19.8 Å². The first-order chi connectivity index (χ1) is 34.0. The first-order valence-corrected chi connectivity index (χ1v) is 27.4. The number of fused-ring (bicyclic) bond motifs is 2. The Kier molecular flexibility index (Phi) is 13.2. The lowest BCUT2D eigenvalue weighted by Crippen LogP contribution is -2.17. The molecule has 0 unspecified atom stereocenters. The van der Waals surface area contributed by atoms with Crippen LogP contribution in [0, 0.1) is 41.5 Å². The number of hydrogen-bond acceptors (Lipinski definition) is 14. The third kappa shape index (κ3) is 10.1. The summed E-state index contributed by atoms with van der Waals surface area (Å²) in [5, 5.41) is 32.4. The molecule has 73 heavy (non-hydrogen) atoms. The van der Waals surface area contributed by atoms with E-state index < -0.39 is 77.6 Å². The summed E-state index contributed by atoms with van der Waals surface area (Å²) in [6, 6.07) is 23.4. The monoisotopic (exact) mass is 1070 g/mol. The number of nitrogens with zero attached hydrogens (tertiary/aromatic N) is 1. The molecule has 0 amide bonds. The smallest absolute Gasteiger partial charge is 0.339 e. The molecule has 0 saturated carbocycles. The maximum absolute atomic E-state index is 13.7. The molecule has 6 aromatic carbocycles. The molecule has 1 heterocycles. The van der Waals surface area contributed by atoms with Gasteiger partial charge in [-0.05, 0) is 142 Å². The van der Waals surface area contributed by atoms with Crippen molar-refractivity contribution >= 4 is 85.7 Å². The van der Waals surface area contributed by atoms with Crippen LogP contribution in [0.3, 0.4) is 0 Å². The van der Waals surface area contributed by atoms with Crippen molar-refractivity contribution in [3.8, 4) is 33.9 Å². The lowest BCUT2D eigenvalue weighted by molar-refractivity contribution is 0.0693. The van der Waals surface area contributed by atoms with Gasteiger partial charge in [-0.1, -0.05) is 30.3 Å². The van der Waals surface area contributed by atoms with Gasteiger partial charge in [0.25, 0.3) is 40.3 Å². The van der Waals surface area contributed by atoms with Gasteiger partial charge in [0.05, 0.1) is 32.2 Å². The van der Waals surface area contributed by atoms with Crippen molar-refractivity contribution in [2.75, 3.05) is 14.8 Å². The molecule has 0 saturated heterocycles. The number of rotatable bonds is 13. The Morgan fingerprint density at radius 2 is 1.15 bits per heavy atom. The average Bonchev–Trinajstić information content (AvgIpc) is 3.30. The van der Waals surface area contributed by atoms with Crippen molar-refractivity contribution in [1.82, 2.24) is 0 Å². The predicted octanol–water partition coefficient (Wildman–Crippen LogP) is 9.24. The van der Waals surface area contributed by atoms with Gasteiger partial charge in [-0.15, -0.1) is 0 Å². The van der Waals surface area contributed by atoms with E-state index in [0.717, 1.165) is 35.9 Å². The van der Waals surface area contributed by atoms with E-state index in [1.807, 2.05) is 6.92 Å². The molecule has 6 aromatic rings. The fourth-order valence-electron chi connectivity index (χ4n) is 8.64. The topological polar surface area (TPSA) is 316 Å². The second kappa shape index (κ2) is 18.7. The Morgan fingerprint density at radius 3 is 1.78 bits per heavy atom. The minimum Gasteiger partial charge on any atom is -0.508 e. The van der Waals surface area contributed by atoms with Crippen LogP contribution in [0.5, 0.6) is 11.5 Å². The van der Waals surface area contributed by atoms with Crippen LogP contribution in [0.2, 0.25) is 0 Å². The Hall–Kier alpha value is -7.80. The van der Waals surface area contributed by atoms with Gasteiger partial charge in [-0.3, -0.25) is 18.5 Å². The number of aromatic carboxylic acids is 1. The van der Waals surface area contributed by atoms with Crippen LogP contribution in [0.4, 0.5) is 28.4 Å². The molecule has 0 spiro atoms. The highest BCUT2D eigenvalue weighted by Gasteiger charge is 2.28.